The van der Waals surface area contributed by atoms with Gasteiger partial charge in [-0.3, -0.25) is 0 Å². The predicted molar refractivity (Wildman–Crippen MR) is 62.8 cm³/mol. The molecule has 1 saturated heterocycles. The van der Waals surface area contributed by atoms with E-state index in [1.807, 2.05) is 18.7 Å². The summed E-state index contributed by atoms with van der Waals surface area (Å²) in [5.74, 6) is 2.63. The molecule has 0 aliphatic carbocycles. The second-order valence-electron chi connectivity index (χ2n) is 3.49. The molecule has 0 N–H and O–H groups in total. The summed E-state index contributed by atoms with van der Waals surface area (Å²) in [6.07, 6.45) is 2.38. The lowest BCUT2D eigenvalue weighted by atomic mass is 10.2. The van der Waals surface area contributed by atoms with Crippen LogP contribution in [-0.4, -0.2) is 22.8 Å². The monoisotopic (exact) mass is 244 g/mol. The van der Waals surface area contributed by atoms with Crippen LogP contribution in [0.1, 0.15) is 29.6 Å². The lowest BCUT2D eigenvalue weighted by molar-refractivity contribution is 0.406. The zero-order valence-electron chi connectivity index (χ0n) is 8.79. The molecule has 1 unspecified atom stereocenters. The van der Waals surface area contributed by atoms with Crippen LogP contribution in [0.15, 0.2) is 0 Å². The van der Waals surface area contributed by atoms with E-state index in [0.717, 1.165) is 17.9 Å². The molecule has 0 amide bonds. The number of halogens is 1. The van der Waals surface area contributed by atoms with Crippen LogP contribution in [0.5, 0.6) is 5.75 Å². The van der Waals surface area contributed by atoms with Crippen LogP contribution in [-0.2, 0) is 0 Å². The Kier molecular flexibility index (Phi) is 3.36. The summed E-state index contributed by atoms with van der Waals surface area (Å²) in [6.45, 7) is 1.90. The minimum Gasteiger partial charge on any atom is -0.492 e. The van der Waals surface area contributed by atoms with Crippen molar-refractivity contribution in [1.29, 1.82) is 0 Å². The molecule has 0 bridgehead atoms. The quantitative estimate of drug-likeness (QED) is 0.750. The highest BCUT2D eigenvalue weighted by atomic mass is 35.5. The van der Waals surface area contributed by atoms with Crippen LogP contribution < -0.4 is 4.74 Å². The Hall–Kier alpha value is -0.480. The van der Waals surface area contributed by atoms with Gasteiger partial charge < -0.3 is 4.74 Å². The van der Waals surface area contributed by atoms with E-state index >= 15 is 0 Å². The van der Waals surface area contributed by atoms with Crippen molar-refractivity contribution >= 4 is 23.4 Å². The van der Waals surface area contributed by atoms with E-state index in [0.29, 0.717) is 16.2 Å². The Bertz CT molecular complexity index is 343. The highest BCUT2D eigenvalue weighted by molar-refractivity contribution is 7.99. The number of hydrogen-bond acceptors (Lipinski definition) is 4. The molecule has 3 nitrogen and oxygen atoms in total. The molecule has 0 spiro atoms. The number of thioether (sulfide) groups is 1. The van der Waals surface area contributed by atoms with Gasteiger partial charge in [0.2, 0.25) is 0 Å². The van der Waals surface area contributed by atoms with Crippen LogP contribution in [0.3, 0.4) is 0 Å². The zero-order chi connectivity index (χ0) is 10.8. The number of methoxy groups -OCH3 is 1. The molecule has 1 aromatic heterocycles. The van der Waals surface area contributed by atoms with Crippen molar-refractivity contribution in [2.24, 2.45) is 0 Å². The highest BCUT2D eigenvalue weighted by Crippen LogP contribution is 2.39. The molecule has 1 atom stereocenters. The fourth-order valence-electron chi connectivity index (χ4n) is 1.71. The van der Waals surface area contributed by atoms with Crippen LogP contribution >= 0.6 is 23.4 Å². The van der Waals surface area contributed by atoms with E-state index in [1.54, 1.807) is 7.11 Å². The Balaban J connectivity index is 2.33. The molecular formula is C10H13ClN2OS. The van der Waals surface area contributed by atoms with Gasteiger partial charge >= 0.3 is 0 Å². The number of hydrogen-bond donors (Lipinski definition) is 0. The van der Waals surface area contributed by atoms with Gasteiger partial charge in [0.15, 0.2) is 10.9 Å². The second-order valence-corrected chi connectivity index (χ2v) is 5.16. The second kappa shape index (κ2) is 4.58. The molecule has 1 aliphatic heterocycles. The van der Waals surface area contributed by atoms with Gasteiger partial charge in [-0.2, -0.15) is 11.8 Å². The molecule has 1 aromatic rings. The van der Waals surface area contributed by atoms with Crippen molar-refractivity contribution in [1.82, 2.24) is 9.97 Å². The van der Waals surface area contributed by atoms with Crippen molar-refractivity contribution in [3.8, 4) is 5.75 Å². The number of rotatable bonds is 2. The third kappa shape index (κ3) is 2.21. The van der Waals surface area contributed by atoms with E-state index in [4.69, 9.17) is 16.3 Å². The van der Waals surface area contributed by atoms with Gasteiger partial charge in [-0.15, -0.1) is 0 Å². The number of aryl methyl sites for hydroxylation is 1. The minimum absolute atomic E-state index is 0.409. The fraction of sp³-hybridized carbons (Fsp3) is 0.600. The first kappa shape index (κ1) is 11.0. The Labute approximate surface area is 98.6 Å². The van der Waals surface area contributed by atoms with Gasteiger partial charge in [-0.25, -0.2) is 9.97 Å². The van der Waals surface area contributed by atoms with Crippen LogP contribution in [0.25, 0.3) is 0 Å². The van der Waals surface area contributed by atoms with Crippen LogP contribution in [0.4, 0.5) is 0 Å². The summed E-state index contributed by atoms with van der Waals surface area (Å²) < 4.78 is 5.13. The van der Waals surface area contributed by atoms with Crippen molar-refractivity contribution in [3.05, 3.63) is 16.7 Å². The van der Waals surface area contributed by atoms with Crippen molar-refractivity contribution in [2.45, 2.75) is 25.0 Å². The molecule has 1 fully saturated rings. The van der Waals surface area contributed by atoms with Gasteiger partial charge in [0.05, 0.1) is 18.1 Å². The molecule has 5 heteroatoms. The van der Waals surface area contributed by atoms with Gasteiger partial charge in [0.25, 0.3) is 0 Å². The van der Waals surface area contributed by atoms with Crippen LogP contribution in [0.2, 0.25) is 5.15 Å². The third-order valence-corrected chi connectivity index (χ3v) is 4.06. The van der Waals surface area contributed by atoms with Gasteiger partial charge in [0.1, 0.15) is 5.82 Å². The Morgan fingerprint density at radius 2 is 2.27 bits per heavy atom. The van der Waals surface area contributed by atoms with E-state index in [1.165, 1.54) is 12.2 Å². The van der Waals surface area contributed by atoms with Crippen LogP contribution in [0, 0.1) is 6.92 Å². The highest BCUT2D eigenvalue weighted by Gasteiger charge is 2.22. The van der Waals surface area contributed by atoms with E-state index in [9.17, 15) is 0 Å². The fourth-order valence-corrected chi connectivity index (χ4v) is 3.21. The first-order chi connectivity index (χ1) is 7.22. The molecule has 2 heterocycles. The molecule has 0 radical (unpaired) electrons. The van der Waals surface area contributed by atoms with Gasteiger partial charge in [-0.1, -0.05) is 11.6 Å². The van der Waals surface area contributed by atoms with Crippen molar-refractivity contribution in [2.75, 3.05) is 12.9 Å². The smallest absolute Gasteiger partial charge is 0.177 e. The Morgan fingerprint density at radius 3 is 2.80 bits per heavy atom. The first-order valence-corrected chi connectivity index (χ1v) is 6.34. The molecule has 2 rings (SSSR count). The van der Waals surface area contributed by atoms with Gasteiger partial charge in [0, 0.05) is 0 Å². The summed E-state index contributed by atoms with van der Waals surface area (Å²) in [5, 5.41) is 0.833. The van der Waals surface area contributed by atoms with E-state index < -0.39 is 0 Å². The van der Waals surface area contributed by atoms with E-state index in [2.05, 4.69) is 9.97 Å². The lowest BCUT2D eigenvalue weighted by Gasteiger charge is -2.11. The maximum Gasteiger partial charge on any atom is 0.177 e. The average molecular weight is 245 g/mol. The molecule has 0 saturated carbocycles. The van der Waals surface area contributed by atoms with Crippen molar-refractivity contribution in [3.63, 3.8) is 0 Å². The van der Waals surface area contributed by atoms with E-state index in [-0.39, 0.29) is 0 Å². The molecule has 82 valence electrons. The van der Waals surface area contributed by atoms with Gasteiger partial charge in [-0.05, 0) is 25.5 Å². The molecule has 15 heavy (non-hydrogen) atoms. The summed E-state index contributed by atoms with van der Waals surface area (Å²) >= 11 is 7.93. The summed E-state index contributed by atoms with van der Waals surface area (Å²) in [7, 11) is 1.58. The zero-order valence-corrected chi connectivity index (χ0v) is 10.4. The summed E-state index contributed by atoms with van der Waals surface area (Å²) in [4.78, 5) is 8.74. The number of nitrogens with zero attached hydrogens (tertiary/aromatic N) is 2. The summed E-state index contributed by atoms with van der Waals surface area (Å²) in [6, 6.07) is 0. The average Bonchev–Trinajstić information content (AvgIpc) is 2.69. The lowest BCUT2D eigenvalue weighted by Crippen LogP contribution is -2.03. The minimum atomic E-state index is 0.409. The standard InChI is InChI=1S/C10H13ClN2OS/c1-6-8(14-2)9(11)13-10(12-6)7-4-3-5-15-7/h7H,3-5H2,1-2H3. The largest absolute Gasteiger partial charge is 0.492 e. The Morgan fingerprint density at radius 1 is 1.47 bits per heavy atom. The SMILES string of the molecule is COc1c(C)nc(C2CCCS2)nc1Cl. The maximum atomic E-state index is 6.03. The molecular weight excluding hydrogens is 232 g/mol. The number of aromatic nitrogens is 2. The molecule has 0 aromatic carbocycles. The first-order valence-electron chi connectivity index (χ1n) is 4.92. The van der Waals surface area contributed by atoms with Crippen molar-refractivity contribution < 1.29 is 4.74 Å². The normalized spacial score (nSPS) is 20.6. The molecule has 1 aliphatic rings. The number of ether oxygens (including phenoxy) is 1. The predicted octanol–water partition coefficient (Wildman–Crippen LogP) is 3.02. The topological polar surface area (TPSA) is 35.0 Å². The third-order valence-electron chi connectivity index (χ3n) is 2.43. The summed E-state index contributed by atoms with van der Waals surface area (Å²) in [5.41, 5.74) is 0.819. The maximum absolute atomic E-state index is 6.03.